The predicted octanol–water partition coefficient (Wildman–Crippen LogP) is 3.29. The molecule has 0 spiro atoms. The lowest BCUT2D eigenvalue weighted by atomic mass is 10.2. The summed E-state index contributed by atoms with van der Waals surface area (Å²) in [6.45, 7) is 4.00. The lowest BCUT2D eigenvalue weighted by molar-refractivity contribution is 0.0997. The van der Waals surface area contributed by atoms with Gasteiger partial charge < -0.3 is 9.73 Å². The number of carbonyl (C=O) groups excluding carboxylic acids is 1. The van der Waals surface area contributed by atoms with Crippen molar-refractivity contribution in [2.45, 2.75) is 20.3 Å². The van der Waals surface area contributed by atoms with Crippen molar-refractivity contribution in [1.82, 2.24) is 9.78 Å². The minimum atomic E-state index is -0.264. The molecular weight excluding hydrogens is 266 g/mol. The van der Waals surface area contributed by atoms with Crippen LogP contribution in [0.1, 0.15) is 28.7 Å². The van der Waals surface area contributed by atoms with Crippen LogP contribution in [0.2, 0.25) is 0 Å². The summed E-state index contributed by atoms with van der Waals surface area (Å²) in [5.41, 5.74) is 2.68. The second-order valence-corrected chi connectivity index (χ2v) is 5.00. The van der Waals surface area contributed by atoms with E-state index < -0.39 is 0 Å². The Morgan fingerprint density at radius 3 is 2.81 bits per heavy atom. The first kappa shape index (κ1) is 13.4. The molecule has 5 heteroatoms. The van der Waals surface area contributed by atoms with Crippen LogP contribution in [-0.2, 0) is 13.5 Å². The van der Waals surface area contributed by atoms with Crippen LogP contribution in [-0.4, -0.2) is 15.7 Å². The number of carbonyl (C=O) groups is 1. The number of amides is 1. The van der Waals surface area contributed by atoms with Crippen LogP contribution >= 0.6 is 0 Å². The Bertz CT molecular complexity index is 781. The van der Waals surface area contributed by atoms with Crippen LogP contribution in [0, 0.1) is 6.92 Å². The molecule has 1 aromatic carbocycles. The van der Waals surface area contributed by atoms with Gasteiger partial charge in [0.2, 0.25) is 0 Å². The summed E-state index contributed by atoms with van der Waals surface area (Å²) >= 11 is 0. The van der Waals surface area contributed by atoms with Gasteiger partial charge in [0.05, 0.1) is 5.69 Å². The van der Waals surface area contributed by atoms with Crippen LogP contribution in [0.3, 0.4) is 0 Å². The average molecular weight is 283 g/mol. The number of fused-ring (bicyclic) bond motifs is 1. The van der Waals surface area contributed by atoms with Gasteiger partial charge in [0, 0.05) is 18.0 Å². The summed E-state index contributed by atoms with van der Waals surface area (Å²) in [6, 6.07) is 9.30. The standard InChI is InChI=1S/C16H17N3O2/c1-4-12-10(2)15(19(3)18-12)17-16(20)14-9-11-7-5-6-8-13(11)21-14/h5-9H,4H2,1-3H3,(H,17,20). The van der Waals surface area contributed by atoms with Crippen molar-refractivity contribution in [2.24, 2.45) is 7.05 Å². The van der Waals surface area contributed by atoms with E-state index in [9.17, 15) is 4.79 Å². The molecule has 0 unspecified atom stereocenters. The van der Waals surface area contributed by atoms with E-state index in [1.54, 1.807) is 10.7 Å². The summed E-state index contributed by atoms with van der Waals surface area (Å²) in [7, 11) is 1.82. The smallest absolute Gasteiger partial charge is 0.292 e. The Morgan fingerprint density at radius 2 is 2.14 bits per heavy atom. The van der Waals surface area contributed by atoms with Crippen molar-refractivity contribution in [3.63, 3.8) is 0 Å². The summed E-state index contributed by atoms with van der Waals surface area (Å²) in [4.78, 5) is 12.3. The van der Waals surface area contributed by atoms with Gasteiger partial charge in [0.15, 0.2) is 5.76 Å². The number of hydrogen-bond acceptors (Lipinski definition) is 3. The van der Waals surface area contributed by atoms with E-state index in [1.807, 2.05) is 45.2 Å². The van der Waals surface area contributed by atoms with Gasteiger partial charge in [-0.3, -0.25) is 9.48 Å². The lowest BCUT2D eigenvalue weighted by Gasteiger charge is -2.04. The first-order valence-electron chi connectivity index (χ1n) is 6.92. The first-order chi connectivity index (χ1) is 10.1. The van der Waals surface area contributed by atoms with E-state index in [1.165, 1.54) is 0 Å². The normalized spacial score (nSPS) is 11.0. The Morgan fingerprint density at radius 1 is 1.38 bits per heavy atom. The topological polar surface area (TPSA) is 60.1 Å². The number of benzene rings is 1. The maximum Gasteiger partial charge on any atom is 0.292 e. The largest absolute Gasteiger partial charge is 0.451 e. The maximum absolute atomic E-state index is 12.3. The summed E-state index contributed by atoms with van der Waals surface area (Å²) in [5, 5.41) is 8.18. The fourth-order valence-corrected chi connectivity index (χ4v) is 2.46. The molecule has 3 aromatic rings. The molecule has 0 aliphatic rings. The molecule has 108 valence electrons. The Balaban J connectivity index is 1.91. The van der Waals surface area contributed by atoms with Crippen LogP contribution < -0.4 is 5.32 Å². The minimum absolute atomic E-state index is 0.264. The first-order valence-corrected chi connectivity index (χ1v) is 6.92. The van der Waals surface area contributed by atoms with Gasteiger partial charge in [-0.15, -0.1) is 0 Å². The minimum Gasteiger partial charge on any atom is -0.451 e. The highest BCUT2D eigenvalue weighted by Gasteiger charge is 2.17. The highest BCUT2D eigenvalue weighted by atomic mass is 16.3. The molecule has 2 aromatic heterocycles. The highest BCUT2D eigenvalue weighted by Crippen LogP contribution is 2.22. The quantitative estimate of drug-likeness (QED) is 0.802. The molecule has 2 heterocycles. The van der Waals surface area contributed by atoms with E-state index in [0.717, 1.165) is 23.1 Å². The predicted molar refractivity (Wildman–Crippen MR) is 81.5 cm³/mol. The van der Waals surface area contributed by atoms with Gasteiger partial charge in [0.1, 0.15) is 11.4 Å². The molecule has 5 nitrogen and oxygen atoms in total. The molecule has 0 saturated carbocycles. The Labute approximate surface area is 122 Å². The van der Waals surface area contributed by atoms with Gasteiger partial charge in [-0.05, 0) is 25.5 Å². The van der Waals surface area contributed by atoms with Crippen LogP contribution in [0.15, 0.2) is 34.7 Å². The number of nitrogens with one attached hydrogen (secondary N) is 1. The van der Waals surface area contributed by atoms with Crippen LogP contribution in [0.5, 0.6) is 0 Å². The second kappa shape index (κ2) is 5.09. The average Bonchev–Trinajstić information content (AvgIpc) is 3.03. The van der Waals surface area contributed by atoms with Crippen molar-refractivity contribution >= 4 is 22.7 Å². The summed E-state index contributed by atoms with van der Waals surface area (Å²) < 4.78 is 7.26. The molecule has 21 heavy (non-hydrogen) atoms. The molecule has 1 amide bonds. The molecule has 0 fully saturated rings. The number of anilines is 1. The van der Waals surface area contributed by atoms with Crippen LogP contribution in [0.4, 0.5) is 5.82 Å². The third-order valence-electron chi connectivity index (χ3n) is 3.60. The number of para-hydroxylation sites is 1. The Kier molecular flexibility index (Phi) is 3.25. The zero-order valence-corrected chi connectivity index (χ0v) is 12.3. The number of rotatable bonds is 3. The van der Waals surface area contributed by atoms with E-state index in [2.05, 4.69) is 10.4 Å². The Hall–Kier alpha value is -2.56. The number of aromatic nitrogens is 2. The monoisotopic (exact) mass is 283 g/mol. The molecule has 0 aliphatic carbocycles. The zero-order valence-electron chi connectivity index (χ0n) is 12.3. The molecule has 0 atom stereocenters. The summed E-state index contributed by atoms with van der Waals surface area (Å²) in [5.74, 6) is 0.743. The van der Waals surface area contributed by atoms with Gasteiger partial charge in [0.25, 0.3) is 5.91 Å². The molecule has 0 aliphatic heterocycles. The fraction of sp³-hybridized carbons (Fsp3) is 0.250. The molecule has 0 saturated heterocycles. The van der Waals surface area contributed by atoms with Crippen molar-refractivity contribution in [3.05, 3.63) is 47.3 Å². The number of nitrogens with zero attached hydrogens (tertiary/aromatic N) is 2. The fourth-order valence-electron chi connectivity index (χ4n) is 2.46. The maximum atomic E-state index is 12.3. The lowest BCUT2D eigenvalue weighted by Crippen LogP contribution is -2.14. The molecule has 0 bridgehead atoms. The van der Waals surface area contributed by atoms with Crippen molar-refractivity contribution in [3.8, 4) is 0 Å². The molecular formula is C16H17N3O2. The summed E-state index contributed by atoms with van der Waals surface area (Å²) in [6.07, 6.45) is 0.834. The van der Waals surface area contributed by atoms with Gasteiger partial charge in [-0.25, -0.2) is 0 Å². The van der Waals surface area contributed by atoms with E-state index in [4.69, 9.17) is 4.42 Å². The zero-order chi connectivity index (χ0) is 15.0. The third kappa shape index (κ3) is 2.31. The molecule has 1 N–H and O–H groups in total. The van der Waals surface area contributed by atoms with Gasteiger partial charge in [-0.1, -0.05) is 25.1 Å². The van der Waals surface area contributed by atoms with Crippen molar-refractivity contribution < 1.29 is 9.21 Å². The van der Waals surface area contributed by atoms with E-state index in [-0.39, 0.29) is 5.91 Å². The van der Waals surface area contributed by atoms with Gasteiger partial charge in [-0.2, -0.15) is 5.10 Å². The SMILES string of the molecule is CCc1nn(C)c(NC(=O)c2cc3ccccc3o2)c1C. The van der Waals surface area contributed by atoms with E-state index in [0.29, 0.717) is 17.2 Å². The highest BCUT2D eigenvalue weighted by molar-refractivity contribution is 6.04. The van der Waals surface area contributed by atoms with Crippen LogP contribution in [0.25, 0.3) is 11.0 Å². The molecule has 0 radical (unpaired) electrons. The third-order valence-corrected chi connectivity index (χ3v) is 3.60. The molecule has 3 rings (SSSR count). The number of aryl methyl sites for hydroxylation is 2. The number of hydrogen-bond donors (Lipinski definition) is 1. The second-order valence-electron chi connectivity index (χ2n) is 5.00. The van der Waals surface area contributed by atoms with Crippen molar-refractivity contribution in [2.75, 3.05) is 5.32 Å². The van der Waals surface area contributed by atoms with E-state index >= 15 is 0 Å². The number of furan rings is 1. The van der Waals surface area contributed by atoms with Crippen molar-refractivity contribution in [1.29, 1.82) is 0 Å². The van der Waals surface area contributed by atoms with Gasteiger partial charge >= 0.3 is 0 Å².